The highest BCUT2D eigenvalue weighted by molar-refractivity contribution is 7.20. The lowest BCUT2D eigenvalue weighted by Crippen LogP contribution is -2.74. The van der Waals surface area contributed by atoms with Crippen LogP contribution in [0.15, 0.2) is 199 Å². The topological polar surface area (TPSA) is 40.2 Å². The number of benzene rings is 8. The Bertz CT molecular complexity index is 3020. The van der Waals surface area contributed by atoms with Crippen LogP contribution in [0.1, 0.15) is 5.56 Å². The van der Waals surface area contributed by atoms with E-state index in [0.717, 1.165) is 60.9 Å². The highest BCUT2D eigenvalue weighted by Crippen LogP contribution is 2.37. The molecule has 0 saturated heterocycles. The minimum atomic E-state index is -2.89. The van der Waals surface area contributed by atoms with Crippen LogP contribution < -0.4 is 25.5 Å². The maximum Gasteiger partial charge on any atom is 0.302 e. The lowest BCUT2D eigenvalue weighted by molar-refractivity contribution is 0.266. The van der Waals surface area contributed by atoms with Gasteiger partial charge in [-0.3, -0.25) is 4.57 Å². The van der Waals surface area contributed by atoms with E-state index in [1.54, 1.807) is 0 Å². The molecule has 0 atom stereocenters. The fourth-order valence-electron chi connectivity index (χ4n) is 8.78. The van der Waals surface area contributed by atoms with E-state index >= 15 is 0 Å². The summed E-state index contributed by atoms with van der Waals surface area (Å²) < 4.78 is 14.9. The van der Waals surface area contributed by atoms with Crippen molar-refractivity contribution in [1.82, 2.24) is 9.55 Å². The van der Waals surface area contributed by atoms with Crippen LogP contribution >= 0.6 is 0 Å². The van der Waals surface area contributed by atoms with Gasteiger partial charge >= 0.3 is 6.01 Å². The monoisotopic (exact) mass is 722 g/mol. The number of rotatable bonds is 6. The summed E-state index contributed by atoms with van der Waals surface area (Å²) in [7, 11) is -2.89. The average Bonchev–Trinajstić information content (AvgIpc) is 3.84. The Morgan fingerprint density at radius 1 is 0.491 bits per heavy atom. The molecule has 1 aliphatic rings. The predicted octanol–water partition coefficient (Wildman–Crippen LogP) is 9.53. The van der Waals surface area contributed by atoms with Crippen LogP contribution in [0.5, 0.6) is 6.01 Å². The van der Waals surface area contributed by atoms with Crippen LogP contribution in [0, 0.1) is 0 Å². The molecule has 0 aliphatic carbocycles. The van der Waals surface area contributed by atoms with E-state index in [2.05, 4.69) is 180 Å². The summed E-state index contributed by atoms with van der Waals surface area (Å²) in [6.07, 6.45) is 0. The van der Waals surface area contributed by atoms with Crippen molar-refractivity contribution in [2.24, 2.45) is 0 Å². The van der Waals surface area contributed by atoms with E-state index in [0.29, 0.717) is 12.6 Å². The van der Waals surface area contributed by atoms with Crippen molar-refractivity contribution in [3.8, 4) is 34.0 Å². The number of ether oxygens (including phenoxy) is 1. The van der Waals surface area contributed by atoms with Gasteiger partial charge in [0, 0.05) is 21.9 Å². The zero-order valence-corrected chi connectivity index (χ0v) is 30.9. The van der Waals surface area contributed by atoms with E-state index in [-0.39, 0.29) is 0 Å². The van der Waals surface area contributed by atoms with Gasteiger partial charge < -0.3 is 9.15 Å². The number of imidazole rings is 1. The van der Waals surface area contributed by atoms with Crippen LogP contribution in [0.3, 0.4) is 0 Å². The van der Waals surface area contributed by atoms with Crippen molar-refractivity contribution in [3.63, 3.8) is 0 Å². The molecule has 10 aromatic rings. The Kier molecular flexibility index (Phi) is 7.22. The third kappa shape index (κ3) is 4.94. The molecule has 4 nitrogen and oxygen atoms in total. The molecule has 0 spiro atoms. The second kappa shape index (κ2) is 12.6. The number of aromatic nitrogens is 2. The fourth-order valence-corrected chi connectivity index (χ4v) is 13.6. The summed E-state index contributed by atoms with van der Waals surface area (Å²) in [5.74, 6) is 0. The van der Waals surface area contributed by atoms with Crippen LogP contribution in [0.4, 0.5) is 0 Å². The van der Waals surface area contributed by atoms with Gasteiger partial charge in [-0.15, -0.1) is 0 Å². The van der Waals surface area contributed by atoms with Crippen molar-refractivity contribution >= 4 is 61.8 Å². The molecule has 0 bridgehead atoms. The van der Waals surface area contributed by atoms with Gasteiger partial charge in [-0.25, -0.2) is 0 Å². The second-order valence-corrected chi connectivity index (χ2v) is 18.1. The molecule has 55 heavy (non-hydrogen) atoms. The SMILES string of the molecule is c1ccc([Si](c2ccccc2)(c2cccc(-c3ccc4c(c3)COc3nc5ccccc5n3-4)c2)c2cccc(-c3cccc4c3oc3ccccc34)c2)cc1. The number of nitrogens with zero attached hydrogens (tertiary/aromatic N) is 2. The molecule has 0 radical (unpaired) electrons. The van der Waals surface area contributed by atoms with Gasteiger partial charge in [-0.05, 0) is 67.8 Å². The van der Waals surface area contributed by atoms with Crippen molar-refractivity contribution in [2.45, 2.75) is 6.61 Å². The van der Waals surface area contributed by atoms with Gasteiger partial charge in [0.15, 0.2) is 8.07 Å². The number of hydrogen-bond donors (Lipinski definition) is 0. The first-order valence-corrected chi connectivity index (χ1v) is 20.7. The van der Waals surface area contributed by atoms with Crippen molar-refractivity contribution in [3.05, 3.63) is 200 Å². The molecule has 0 amide bonds. The minimum absolute atomic E-state index is 0.476. The zero-order chi connectivity index (χ0) is 36.3. The molecule has 5 heteroatoms. The minimum Gasteiger partial charge on any atom is -0.459 e. The largest absolute Gasteiger partial charge is 0.459 e. The second-order valence-electron chi connectivity index (χ2n) is 14.3. The fraction of sp³-hybridized carbons (Fsp3) is 0.0200. The van der Waals surface area contributed by atoms with E-state index in [9.17, 15) is 0 Å². The maximum atomic E-state index is 6.55. The molecule has 3 heterocycles. The predicted molar refractivity (Wildman–Crippen MR) is 227 cm³/mol. The molecule has 8 aromatic carbocycles. The number of fused-ring (bicyclic) bond motifs is 8. The summed E-state index contributed by atoms with van der Waals surface area (Å²) >= 11 is 0. The van der Waals surface area contributed by atoms with Gasteiger partial charge in [0.25, 0.3) is 0 Å². The highest BCUT2D eigenvalue weighted by atomic mass is 28.3. The van der Waals surface area contributed by atoms with Crippen LogP contribution in [-0.2, 0) is 6.61 Å². The van der Waals surface area contributed by atoms with Crippen LogP contribution in [0.2, 0.25) is 0 Å². The lowest BCUT2D eigenvalue weighted by atomic mass is 10.0. The van der Waals surface area contributed by atoms with Gasteiger partial charge in [-0.1, -0.05) is 164 Å². The van der Waals surface area contributed by atoms with Crippen LogP contribution in [-0.4, -0.2) is 17.6 Å². The Hall–Kier alpha value is -6.95. The first-order chi connectivity index (χ1) is 27.3. The third-order valence-electron chi connectivity index (χ3n) is 11.3. The normalized spacial score (nSPS) is 12.4. The highest BCUT2D eigenvalue weighted by Gasteiger charge is 2.42. The van der Waals surface area contributed by atoms with Gasteiger partial charge in [-0.2, -0.15) is 4.98 Å². The van der Waals surface area contributed by atoms with Gasteiger partial charge in [0.2, 0.25) is 0 Å². The molecular weight excluding hydrogens is 689 g/mol. The zero-order valence-electron chi connectivity index (χ0n) is 29.9. The van der Waals surface area contributed by atoms with E-state index in [4.69, 9.17) is 14.1 Å². The average molecular weight is 723 g/mol. The molecule has 2 aromatic heterocycles. The van der Waals surface area contributed by atoms with Crippen molar-refractivity contribution in [1.29, 1.82) is 0 Å². The number of para-hydroxylation sites is 4. The molecule has 260 valence electrons. The Morgan fingerprint density at radius 3 is 1.91 bits per heavy atom. The quantitative estimate of drug-likeness (QED) is 0.127. The first-order valence-electron chi connectivity index (χ1n) is 18.7. The Morgan fingerprint density at radius 2 is 1.11 bits per heavy atom. The van der Waals surface area contributed by atoms with Gasteiger partial charge in [0.05, 0.1) is 16.7 Å². The summed E-state index contributed by atoms with van der Waals surface area (Å²) in [5.41, 5.74) is 10.6. The van der Waals surface area contributed by atoms with Crippen LogP contribution in [0.25, 0.3) is 60.9 Å². The van der Waals surface area contributed by atoms with E-state index < -0.39 is 8.07 Å². The smallest absolute Gasteiger partial charge is 0.302 e. The molecule has 0 N–H and O–H groups in total. The van der Waals surface area contributed by atoms with Gasteiger partial charge in [0.1, 0.15) is 17.8 Å². The van der Waals surface area contributed by atoms with Crippen molar-refractivity contribution < 1.29 is 9.15 Å². The molecular formula is C50H34N2O2Si. The molecule has 0 unspecified atom stereocenters. The number of hydrogen-bond acceptors (Lipinski definition) is 3. The lowest BCUT2D eigenvalue weighted by Gasteiger charge is -2.35. The summed E-state index contributed by atoms with van der Waals surface area (Å²) in [6.45, 7) is 0.476. The molecule has 1 aliphatic heterocycles. The molecule has 11 rings (SSSR count). The third-order valence-corrected chi connectivity index (χ3v) is 16.0. The van der Waals surface area contributed by atoms with Crippen molar-refractivity contribution in [2.75, 3.05) is 0 Å². The Balaban J connectivity index is 1.11. The summed E-state index contributed by atoms with van der Waals surface area (Å²) in [4.78, 5) is 4.75. The first kappa shape index (κ1) is 31.6. The molecule has 0 saturated carbocycles. The Labute approximate surface area is 319 Å². The van der Waals surface area contributed by atoms with E-state index in [1.807, 2.05) is 18.2 Å². The summed E-state index contributed by atoms with van der Waals surface area (Å²) in [5, 5.41) is 7.56. The van der Waals surface area contributed by atoms with E-state index in [1.165, 1.54) is 26.3 Å². The molecule has 0 fully saturated rings. The summed E-state index contributed by atoms with van der Waals surface area (Å²) in [6, 6.07) is 71.1. The standard InChI is InChI=1S/C50H34N2O2Si/c1-3-16-38(17-4-1)55(39-18-5-2-6-19-39,41-21-12-15-36(32-41)42-23-13-24-44-43-22-7-10-27-48(43)54-49(42)44)40-20-11-14-34(31-40)35-28-29-46-37(30-35)33-53-50-51-45-25-8-9-26-47(45)52(46)50/h1-32H,33H2. The maximum absolute atomic E-state index is 6.55. The number of furan rings is 1.